The van der Waals surface area contributed by atoms with E-state index in [0.717, 1.165) is 25.4 Å². The summed E-state index contributed by atoms with van der Waals surface area (Å²) in [6.45, 7) is 7.09. The first-order chi connectivity index (χ1) is 10.4. The average molecular weight is 291 g/mol. The van der Waals surface area contributed by atoms with Crippen molar-refractivity contribution in [2.45, 2.75) is 71.8 Å². The zero-order valence-electron chi connectivity index (χ0n) is 14.0. The topological polar surface area (TPSA) is 21.3 Å². The molecule has 0 bridgehead atoms. The van der Waals surface area contributed by atoms with E-state index >= 15 is 0 Å². The Morgan fingerprint density at radius 2 is 1.62 bits per heavy atom. The molecular weight excluding hydrogens is 258 g/mol. The van der Waals surface area contributed by atoms with E-state index in [1.165, 1.54) is 56.9 Å². The van der Waals surface area contributed by atoms with Crippen molar-refractivity contribution in [3.8, 4) is 5.75 Å². The van der Waals surface area contributed by atoms with E-state index in [4.69, 9.17) is 4.74 Å². The third-order valence-corrected chi connectivity index (χ3v) is 3.75. The first-order valence-electron chi connectivity index (χ1n) is 8.79. The molecular formula is C19H33NO. The van der Waals surface area contributed by atoms with E-state index in [1.54, 1.807) is 0 Å². The van der Waals surface area contributed by atoms with Crippen molar-refractivity contribution < 1.29 is 4.74 Å². The zero-order valence-corrected chi connectivity index (χ0v) is 14.0. The molecule has 0 saturated carbocycles. The number of unbranched alkanes of at least 4 members (excludes halogenated alkanes) is 7. The van der Waals surface area contributed by atoms with Crippen molar-refractivity contribution in [3.63, 3.8) is 0 Å². The lowest BCUT2D eigenvalue weighted by molar-refractivity contribution is 0.340. The second-order valence-electron chi connectivity index (χ2n) is 5.73. The minimum Gasteiger partial charge on any atom is -0.494 e. The SMILES string of the molecule is CCCCCCCCCCNCc1cccc(OCC)c1. The van der Waals surface area contributed by atoms with Crippen molar-refractivity contribution >= 4 is 0 Å². The summed E-state index contributed by atoms with van der Waals surface area (Å²) < 4.78 is 5.52. The Kier molecular flexibility index (Phi) is 10.9. The van der Waals surface area contributed by atoms with Gasteiger partial charge in [-0.1, -0.05) is 64.0 Å². The fourth-order valence-electron chi connectivity index (χ4n) is 2.53. The summed E-state index contributed by atoms with van der Waals surface area (Å²) in [6, 6.07) is 8.37. The highest BCUT2D eigenvalue weighted by molar-refractivity contribution is 5.28. The lowest BCUT2D eigenvalue weighted by Crippen LogP contribution is -2.14. The molecule has 0 saturated heterocycles. The molecule has 120 valence electrons. The van der Waals surface area contributed by atoms with Crippen molar-refractivity contribution in [3.05, 3.63) is 29.8 Å². The van der Waals surface area contributed by atoms with Crippen LogP contribution in [0, 0.1) is 0 Å². The van der Waals surface area contributed by atoms with Crippen LogP contribution in [0.4, 0.5) is 0 Å². The molecule has 0 spiro atoms. The smallest absolute Gasteiger partial charge is 0.119 e. The van der Waals surface area contributed by atoms with Gasteiger partial charge in [-0.3, -0.25) is 0 Å². The number of rotatable bonds is 13. The largest absolute Gasteiger partial charge is 0.494 e. The normalized spacial score (nSPS) is 10.8. The molecule has 0 heterocycles. The lowest BCUT2D eigenvalue weighted by Gasteiger charge is -2.07. The van der Waals surface area contributed by atoms with Crippen molar-refractivity contribution in [1.82, 2.24) is 5.32 Å². The maximum absolute atomic E-state index is 5.52. The summed E-state index contributed by atoms with van der Waals surface area (Å²) in [7, 11) is 0. The Morgan fingerprint density at radius 3 is 2.33 bits per heavy atom. The van der Waals surface area contributed by atoms with Gasteiger partial charge in [-0.25, -0.2) is 0 Å². The molecule has 0 aliphatic heterocycles. The van der Waals surface area contributed by atoms with Crippen LogP contribution in [0.3, 0.4) is 0 Å². The molecule has 0 atom stereocenters. The Morgan fingerprint density at radius 1 is 0.905 bits per heavy atom. The standard InChI is InChI=1S/C19H33NO/c1-3-5-6-7-8-9-10-11-15-20-17-18-13-12-14-19(16-18)21-4-2/h12-14,16,20H,3-11,15,17H2,1-2H3. The Hall–Kier alpha value is -1.02. The first kappa shape index (κ1) is 18.0. The summed E-state index contributed by atoms with van der Waals surface area (Å²) in [4.78, 5) is 0. The Balaban J connectivity index is 1.97. The van der Waals surface area contributed by atoms with Crippen LogP contribution in [0.2, 0.25) is 0 Å². The van der Waals surface area contributed by atoms with Gasteiger partial charge in [0.25, 0.3) is 0 Å². The van der Waals surface area contributed by atoms with Gasteiger partial charge < -0.3 is 10.1 Å². The van der Waals surface area contributed by atoms with Gasteiger partial charge in [0.15, 0.2) is 0 Å². The molecule has 21 heavy (non-hydrogen) atoms. The highest BCUT2D eigenvalue weighted by Crippen LogP contribution is 2.13. The number of hydrogen-bond donors (Lipinski definition) is 1. The molecule has 2 heteroatoms. The predicted molar refractivity (Wildman–Crippen MR) is 91.9 cm³/mol. The van der Waals surface area contributed by atoms with Gasteiger partial charge in [-0.2, -0.15) is 0 Å². The molecule has 1 rings (SSSR count). The molecule has 2 nitrogen and oxygen atoms in total. The van der Waals surface area contributed by atoms with Gasteiger partial charge in [0.05, 0.1) is 6.61 Å². The summed E-state index contributed by atoms with van der Waals surface area (Å²) in [5, 5.41) is 3.53. The number of hydrogen-bond acceptors (Lipinski definition) is 2. The van der Waals surface area contributed by atoms with Crippen LogP contribution in [0.5, 0.6) is 5.75 Å². The van der Waals surface area contributed by atoms with Gasteiger partial charge in [-0.15, -0.1) is 0 Å². The highest BCUT2D eigenvalue weighted by atomic mass is 16.5. The van der Waals surface area contributed by atoms with Crippen molar-refractivity contribution in [1.29, 1.82) is 0 Å². The van der Waals surface area contributed by atoms with E-state index in [-0.39, 0.29) is 0 Å². The minimum atomic E-state index is 0.731. The second-order valence-corrected chi connectivity index (χ2v) is 5.73. The Labute approximate surface area is 131 Å². The number of nitrogens with one attached hydrogen (secondary N) is 1. The van der Waals surface area contributed by atoms with Crippen LogP contribution in [0.25, 0.3) is 0 Å². The molecule has 0 aliphatic carbocycles. The average Bonchev–Trinajstić information content (AvgIpc) is 2.50. The van der Waals surface area contributed by atoms with Gasteiger partial charge in [0.2, 0.25) is 0 Å². The van der Waals surface area contributed by atoms with E-state index in [2.05, 4.69) is 30.4 Å². The molecule has 0 radical (unpaired) electrons. The molecule has 0 amide bonds. The molecule has 0 fully saturated rings. The number of benzene rings is 1. The summed E-state index contributed by atoms with van der Waals surface area (Å²) in [5.41, 5.74) is 1.31. The Bertz CT molecular complexity index is 351. The van der Waals surface area contributed by atoms with Crippen LogP contribution in [-0.2, 0) is 6.54 Å². The molecule has 0 aliphatic rings. The summed E-state index contributed by atoms with van der Waals surface area (Å²) in [6.07, 6.45) is 11.0. The molecule has 1 N–H and O–H groups in total. The fraction of sp³-hybridized carbons (Fsp3) is 0.684. The van der Waals surface area contributed by atoms with E-state index in [9.17, 15) is 0 Å². The maximum Gasteiger partial charge on any atom is 0.119 e. The monoisotopic (exact) mass is 291 g/mol. The summed E-state index contributed by atoms with van der Waals surface area (Å²) >= 11 is 0. The van der Waals surface area contributed by atoms with E-state index in [0.29, 0.717) is 0 Å². The molecule has 0 unspecified atom stereocenters. The molecule has 1 aromatic carbocycles. The number of ether oxygens (including phenoxy) is 1. The third kappa shape index (κ3) is 9.52. The lowest BCUT2D eigenvalue weighted by atomic mass is 10.1. The highest BCUT2D eigenvalue weighted by Gasteiger charge is 1.96. The van der Waals surface area contributed by atoms with Crippen molar-refractivity contribution in [2.75, 3.05) is 13.2 Å². The molecule has 0 aromatic heterocycles. The van der Waals surface area contributed by atoms with Gasteiger partial charge in [-0.05, 0) is 37.6 Å². The zero-order chi connectivity index (χ0) is 15.2. The quantitative estimate of drug-likeness (QED) is 0.497. The summed E-state index contributed by atoms with van der Waals surface area (Å²) in [5.74, 6) is 0.976. The van der Waals surface area contributed by atoms with Gasteiger partial charge in [0, 0.05) is 6.54 Å². The minimum absolute atomic E-state index is 0.731. The van der Waals surface area contributed by atoms with Crippen LogP contribution in [0.1, 0.15) is 70.8 Å². The first-order valence-corrected chi connectivity index (χ1v) is 8.79. The van der Waals surface area contributed by atoms with E-state index in [1.807, 2.05) is 13.0 Å². The van der Waals surface area contributed by atoms with Gasteiger partial charge >= 0.3 is 0 Å². The van der Waals surface area contributed by atoms with Crippen LogP contribution < -0.4 is 10.1 Å². The third-order valence-electron chi connectivity index (χ3n) is 3.75. The van der Waals surface area contributed by atoms with E-state index < -0.39 is 0 Å². The van der Waals surface area contributed by atoms with Crippen LogP contribution in [0.15, 0.2) is 24.3 Å². The van der Waals surface area contributed by atoms with Gasteiger partial charge in [0.1, 0.15) is 5.75 Å². The predicted octanol–water partition coefficient (Wildman–Crippen LogP) is 5.32. The molecule has 1 aromatic rings. The fourth-order valence-corrected chi connectivity index (χ4v) is 2.53. The second kappa shape index (κ2) is 12.7. The van der Waals surface area contributed by atoms with Crippen molar-refractivity contribution in [2.24, 2.45) is 0 Å². The van der Waals surface area contributed by atoms with Crippen LogP contribution in [-0.4, -0.2) is 13.2 Å². The van der Waals surface area contributed by atoms with Crippen LogP contribution >= 0.6 is 0 Å². The maximum atomic E-state index is 5.52.